The van der Waals surface area contributed by atoms with E-state index in [4.69, 9.17) is 0 Å². The van der Waals surface area contributed by atoms with Gasteiger partial charge in [-0.2, -0.15) is 13.2 Å². The van der Waals surface area contributed by atoms with Crippen molar-refractivity contribution in [2.45, 2.75) is 19.0 Å². The molecule has 1 amide bonds. The van der Waals surface area contributed by atoms with E-state index in [0.29, 0.717) is 12.5 Å². The normalized spacial score (nSPS) is 18.9. The van der Waals surface area contributed by atoms with Gasteiger partial charge in [0.1, 0.15) is 0 Å². The van der Waals surface area contributed by atoms with Crippen molar-refractivity contribution >= 4 is 12.0 Å². The van der Waals surface area contributed by atoms with Gasteiger partial charge in [-0.3, -0.25) is 4.79 Å². The molecular weight excluding hydrogens is 291 g/mol. The van der Waals surface area contributed by atoms with Crippen LogP contribution in [0.1, 0.15) is 24.0 Å². The van der Waals surface area contributed by atoms with Crippen LogP contribution in [0.3, 0.4) is 0 Å². The SMILES string of the molecule is C=CC(=O)N1CC[C@H](C/C=C/c2ccc(C(F)(F)F)cc2)C1. The van der Waals surface area contributed by atoms with E-state index in [1.54, 1.807) is 4.90 Å². The molecule has 1 aliphatic heterocycles. The van der Waals surface area contributed by atoms with Crippen molar-refractivity contribution < 1.29 is 18.0 Å². The van der Waals surface area contributed by atoms with Crippen LogP contribution in [0.4, 0.5) is 13.2 Å². The van der Waals surface area contributed by atoms with Gasteiger partial charge in [0.25, 0.3) is 0 Å². The third-order valence-electron chi connectivity index (χ3n) is 3.79. The van der Waals surface area contributed by atoms with Crippen LogP contribution in [-0.2, 0) is 11.0 Å². The van der Waals surface area contributed by atoms with E-state index >= 15 is 0 Å². The molecule has 118 valence electrons. The summed E-state index contributed by atoms with van der Waals surface area (Å²) in [5.41, 5.74) is 0.101. The third-order valence-corrected chi connectivity index (χ3v) is 3.79. The van der Waals surface area contributed by atoms with Crippen molar-refractivity contribution in [3.05, 3.63) is 54.1 Å². The first-order valence-electron chi connectivity index (χ1n) is 7.15. The van der Waals surface area contributed by atoms with Gasteiger partial charge in [0.15, 0.2) is 0 Å². The highest BCUT2D eigenvalue weighted by molar-refractivity contribution is 5.87. The summed E-state index contributed by atoms with van der Waals surface area (Å²) in [7, 11) is 0. The molecule has 0 unspecified atom stereocenters. The molecule has 22 heavy (non-hydrogen) atoms. The number of hydrogen-bond acceptors (Lipinski definition) is 1. The summed E-state index contributed by atoms with van der Waals surface area (Å²) in [6, 6.07) is 5.09. The standard InChI is InChI=1S/C17H18F3NO/c1-2-16(22)21-11-10-14(12-21)5-3-4-13-6-8-15(9-7-13)17(18,19)20/h2-4,6-9,14H,1,5,10-12H2/b4-3+/t14-/m0/s1. The zero-order valence-corrected chi connectivity index (χ0v) is 12.1. The monoisotopic (exact) mass is 309 g/mol. The Bertz CT molecular complexity index is 560. The highest BCUT2D eigenvalue weighted by atomic mass is 19.4. The summed E-state index contributed by atoms with van der Waals surface area (Å²) in [5.74, 6) is 0.351. The second kappa shape index (κ2) is 6.81. The Labute approximate surface area is 127 Å². The van der Waals surface area contributed by atoms with Gasteiger partial charge >= 0.3 is 6.18 Å². The summed E-state index contributed by atoms with van der Waals surface area (Å²) in [6.45, 7) is 4.92. The Morgan fingerprint density at radius 3 is 2.59 bits per heavy atom. The Balaban J connectivity index is 1.86. The zero-order chi connectivity index (χ0) is 16.2. The zero-order valence-electron chi connectivity index (χ0n) is 12.1. The maximum atomic E-state index is 12.4. The first-order valence-corrected chi connectivity index (χ1v) is 7.15. The van der Waals surface area contributed by atoms with E-state index in [1.165, 1.54) is 18.2 Å². The summed E-state index contributed by atoms with van der Waals surface area (Å²) >= 11 is 0. The minimum absolute atomic E-state index is 0.0470. The van der Waals surface area contributed by atoms with Crippen LogP contribution in [0, 0.1) is 5.92 Å². The molecule has 0 aliphatic carbocycles. The number of allylic oxidation sites excluding steroid dienone is 1. The summed E-state index contributed by atoms with van der Waals surface area (Å²) in [5, 5.41) is 0. The molecule has 0 radical (unpaired) electrons. The molecule has 0 bridgehead atoms. The number of nitrogens with zero attached hydrogens (tertiary/aromatic N) is 1. The third kappa shape index (κ3) is 4.23. The molecule has 1 fully saturated rings. The lowest BCUT2D eigenvalue weighted by Crippen LogP contribution is -2.26. The molecule has 2 nitrogen and oxygen atoms in total. The quantitative estimate of drug-likeness (QED) is 0.765. The molecule has 5 heteroatoms. The van der Waals surface area contributed by atoms with Gasteiger partial charge in [0, 0.05) is 13.1 Å². The van der Waals surface area contributed by atoms with Gasteiger partial charge < -0.3 is 4.90 Å². The number of alkyl halides is 3. The van der Waals surface area contributed by atoms with Crippen molar-refractivity contribution in [1.82, 2.24) is 4.90 Å². The predicted octanol–water partition coefficient (Wildman–Crippen LogP) is 4.14. The van der Waals surface area contributed by atoms with Gasteiger partial charge in [0.05, 0.1) is 5.56 Å². The minimum Gasteiger partial charge on any atom is -0.339 e. The van der Waals surface area contributed by atoms with E-state index < -0.39 is 11.7 Å². The molecule has 1 aliphatic rings. The molecule has 2 rings (SSSR count). The maximum Gasteiger partial charge on any atom is 0.416 e. The van der Waals surface area contributed by atoms with Crippen molar-refractivity contribution in [3.63, 3.8) is 0 Å². The minimum atomic E-state index is -4.30. The molecular formula is C17H18F3NO. The number of hydrogen-bond donors (Lipinski definition) is 0. The molecule has 0 saturated carbocycles. The Morgan fingerprint density at radius 2 is 2.00 bits per heavy atom. The van der Waals surface area contributed by atoms with Crippen LogP contribution in [0.25, 0.3) is 6.08 Å². The topological polar surface area (TPSA) is 20.3 Å². The summed E-state index contributed by atoms with van der Waals surface area (Å²) in [6.07, 6.45) is 2.54. The lowest BCUT2D eigenvalue weighted by Gasteiger charge is -2.13. The average molecular weight is 309 g/mol. The van der Waals surface area contributed by atoms with Crippen molar-refractivity contribution in [1.29, 1.82) is 0 Å². The summed E-state index contributed by atoms with van der Waals surface area (Å²) < 4.78 is 37.3. The number of carbonyl (C=O) groups is 1. The van der Waals surface area contributed by atoms with Gasteiger partial charge in [-0.05, 0) is 42.5 Å². The van der Waals surface area contributed by atoms with Crippen LogP contribution in [0.5, 0.6) is 0 Å². The van der Waals surface area contributed by atoms with Gasteiger partial charge in [0.2, 0.25) is 5.91 Å². The number of benzene rings is 1. The van der Waals surface area contributed by atoms with Crippen LogP contribution >= 0.6 is 0 Å². The number of rotatable bonds is 4. The van der Waals surface area contributed by atoms with Crippen LogP contribution < -0.4 is 0 Å². The second-order valence-electron chi connectivity index (χ2n) is 5.40. The van der Waals surface area contributed by atoms with E-state index in [1.807, 2.05) is 12.2 Å². The number of likely N-dealkylation sites (tertiary alicyclic amines) is 1. The molecule has 0 spiro atoms. The highest BCUT2D eigenvalue weighted by Crippen LogP contribution is 2.29. The molecule has 0 N–H and O–H groups in total. The Hall–Kier alpha value is -2.04. The Kier molecular flexibility index (Phi) is 5.06. The fraction of sp³-hybridized carbons (Fsp3) is 0.353. The van der Waals surface area contributed by atoms with E-state index in [2.05, 4.69) is 6.58 Å². The Morgan fingerprint density at radius 1 is 1.32 bits per heavy atom. The lowest BCUT2D eigenvalue weighted by molar-refractivity contribution is -0.137. The van der Waals surface area contributed by atoms with Gasteiger partial charge in [-0.1, -0.05) is 30.9 Å². The first kappa shape index (κ1) is 16.3. The molecule has 0 aromatic heterocycles. The average Bonchev–Trinajstić information content (AvgIpc) is 2.95. The van der Waals surface area contributed by atoms with Crippen LogP contribution in [0.15, 0.2) is 43.0 Å². The van der Waals surface area contributed by atoms with Crippen molar-refractivity contribution in [2.24, 2.45) is 5.92 Å². The fourth-order valence-electron chi connectivity index (χ4n) is 2.53. The summed E-state index contributed by atoms with van der Waals surface area (Å²) in [4.78, 5) is 13.2. The van der Waals surface area contributed by atoms with Crippen molar-refractivity contribution in [2.75, 3.05) is 13.1 Å². The van der Waals surface area contributed by atoms with E-state index in [0.717, 1.165) is 37.1 Å². The highest BCUT2D eigenvalue weighted by Gasteiger charge is 2.29. The van der Waals surface area contributed by atoms with Gasteiger partial charge in [-0.15, -0.1) is 0 Å². The largest absolute Gasteiger partial charge is 0.416 e. The molecule has 1 atom stereocenters. The number of carbonyl (C=O) groups excluding carboxylic acids is 1. The number of amides is 1. The van der Waals surface area contributed by atoms with Crippen LogP contribution in [-0.4, -0.2) is 23.9 Å². The van der Waals surface area contributed by atoms with Gasteiger partial charge in [-0.25, -0.2) is 0 Å². The fourth-order valence-corrected chi connectivity index (χ4v) is 2.53. The molecule has 1 saturated heterocycles. The molecule has 1 heterocycles. The second-order valence-corrected chi connectivity index (χ2v) is 5.40. The first-order chi connectivity index (χ1) is 10.4. The molecule has 1 aromatic rings. The van der Waals surface area contributed by atoms with Crippen molar-refractivity contribution in [3.8, 4) is 0 Å². The predicted molar refractivity (Wildman–Crippen MR) is 80.0 cm³/mol. The molecule has 1 aromatic carbocycles. The van der Waals surface area contributed by atoms with E-state index in [9.17, 15) is 18.0 Å². The number of halogens is 3. The smallest absolute Gasteiger partial charge is 0.339 e. The van der Waals surface area contributed by atoms with Crippen LogP contribution in [0.2, 0.25) is 0 Å². The lowest BCUT2D eigenvalue weighted by atomic mass is 10.0. The maximum absolute atomic E-state index is 12.4. The van der Waals surface area contributed by atoms with E-state index in [-0.39, 0.29) is 5.91 Å².